The van der Waals surface area contributed by atoms with Crippen LogP contribution in [0.25, 0.3) is 16.9 Å². The van der Waals surface area contributed by atoms with E-state index in [0.29, 0.717) is 30.2 Å². The lowest BCUT2D eigenvalue weighted by Gasteiger charge is -2.25. The molecule has 6 nitrogen and oxygen atoms in total. The normalized spacial score (nSPS) is 11.3. The number of amides is 2. The van der Waals surface area contributed by atoms with E-state index in [2.05, 4.69) is 10.4 Å². The van der Waals surface area contributed by atoms with Crippen molar-refractivity contribution in [1.29, 1.82) is 0 Å². The zero-order valence-electron chi connectivity index (χ0n) is 18.9. The van der Waals surface area contributed by atoms with Gasteiger partial charge in [-0.05, 0) is 36.6 Å². The van der Waals surface area contributed by atoms with Gasteiger partial charge in [0.05, 0.1) is 17.9 Å². The van der Waals surface area contributed by atoms with Crippen LogP contribution in [0.4, 0.5) is 10.2 Å². The van der Waals surface area contributed by atoms with Gasteiger partial charge in [-0.2, -0.15) is 5.10 Å². The van der Waals surface area contributed by atoms with Gasteiger partial charge in [0.25, 0.3) is 0 Å². The Bertz CT molecular complexity index is 1070. The smallest absolute Gasteiger partial charge is 0.245 e. The molecule has 0 fully saturated rings. The monoisotopic (exact) mass is 436 g/mol. The van der Waals surface area contributed by atoms with Gasteiger partial charge in [0.1, 0.15) is 11.6 Å². The first kappa shape index (κ1) is 23.2. The van der Waals surface area contributed by atoms with E-state index in [9.17, 15) is 14.0 Å². The average molecular weight is 437 g/mol. The van der Waals surface area contributed by atoms with Crippen LogP contribution in [0, 0.1) is 11.2 Å². The van der Waals surface area contributed by atoms with Gasteiger partial charge in [0.2, 0.25) is 11.8 Å². The highest BCUT2D eigenvalue weighted by Gasteiger charge is 2.23. The van der Waals surface area contributed by atoms with Crippen LogP contribution in [0.1, 0.15) is 34.1 Å². The zero-order chi connectivity index (χ0) is 23.3. The van der Waals surface area contributed by atoms with Crippen molar-refractivity contribution in [3.05, 3.63) is 66.5 Å². The van der Waals surface area contributed by atoms with Gasteiger partial charge in [-0.25, -0.2) is 9.07 Å². The minimum Gasteiger partial charge on any atom is -0.334 e. The highest BCUT2D eigenvalue weighted by atomic mass is 19.1. The first-order valence-electron chi connectivity index (χ1n) is 10.7. The van der Waals surface area contributed by atoms with Gasteiger partial charge in [0.15, 0.2) is 0 Å². The third kappa shape index (κ3) is 6.03. The van der Waals surface area contributed by atoms with E-state index in [1.54, 1.807) is 22.9 Å². The number of carbonyl (C=O) groups excluding carboxylic acids is 2. The fraction of sp³-hybridized carbons (Fsp3) is 0.320. The standard InChI is InChI=1S/C25H29FN4O2/c1-5-29(24(32)16-25(2,3)4)17-23(31)27-22-15-21(18-9-7-6-8-10-18)28-30(22)20-13-11-19(26)12-14-20/h6-15H,5,16-17H2,1-4H3,(H,27,31). The summed E-state index contributed by atoms with van der Waals surface area (Å²) in [6.45, 7) is 8.21. The molecule has 0 aliphatic rings. The molecule has 0 aliphatic carbocycles. The molecule has 168 valence electrons. The summed E-state index contributed by atoms with van der Waals surface area (Å²) in [5.41, 5.74) is 2.01. The Balaban J connectivity index is 1.85. The molecule has 2 amide bonds. The fourth-order valence-corrected chi connectivity index (χ4v) is 3.30. The number of nitrogens with one attached hydrogen (secondary N) is 1. The van der Waals surface area contributed by atoms with Crippen molar-refractivity contribution in [2.45, 2.75) is 34.1 Å². The van der Waals surface area contributed by atoms with Gasteiger partial charge in [0, 0.05) is 24.6 Å². The Hall–Kier alpha value is -3.48. The SMILES string of the molecule is CCN(CC(=O)Nc1cc(-c2ccccc2)nn1-c1ccc(F)cc1)C(=O)CC(C)(C)C. The Morgan fingerprint density at radius 2 is 1.72 bits per heavy atom. The summed E-state index contributed by atoms with van der Waals surface area (Å²) >= 11 is 0. The number of hydrogen-bond acceptors (Lipinski definition) is 3. The van der Waals surface area contributed by atoms with Crippen LogP contribution < -0.4 is 5.32 Å². The quantitative estimate of drug-likeness (QED) is 0.573. The molecule has 0 aliphatic heterocycles. The van der Waals surface area contributed by atoms with Crippen LogP contribution in [-0.2, 0) is 9.59 Å². The maximum absolute atomic E-state index is 13.4. The zero-order valence-corrected chi connectivity index (χ0v) is 18.9. The van der Waals surface area contributed by atoms with Crippen molar-refractivity contribution in [3.63, 3.8) is 0 Å². The van der Waals surface area contributed by atoms with Crippen molar-refractivity contribution >= 4 is 17.6 Å². The lowest BCUT2D eigenvalue weighted by Crippen LogP contribution is -2.39. The number of carbonyl (C=O) groups is 2. The molecule has 0 saturated heterocycles. The van der Waals surface area contributed by atoms with Crippen molar-refractivity contribution < 1.29 is 14.0 Å². The summed E-state index contributed by atoms with van der Waals surface area (Å²) in [7, 11) is 0. The number of halogens is 1. The van der Waals surface area contributed by atoms with Crippen LogP contribution in [-0.4, -0.2) is 39.6 Å². The van der Waals surface area contributed by atoms with Gasteiger partial charge < -0.3 is 10.2 Å². The van der Waals surface area contributed by atoms with Crippen molar-refractivity contribution in [1.82, 2.24) is 14.7 Å². The molecular formula is C25H29FN4O2. The summed E-state index contributed by atoms with van der Waals surface area (Å²) in [6, 6.07) is 17.2. The van der Waals surface area contributed by atoms with Gasteiger partial charge in [-0.1, -0.05) is 51.1 Å². The number of aromatic nitrogens is 2. The van der Waals surface area contributed by atoms with Crippen LogP contribution in [0.15, 0.2) is 60.7 Å². The molecule has 7 heteroatoms. The first-order valence-corrected chi connectivity index (χ1v) is 10.7. The molecule has 0 spiro atoms. The minimum atomic E-state index is -0.356. The van der Waals surface area contributed by atoms with E-state index < -0.39 is 0 Å². The summed E-state index contributed by atoms with van der Waals surface area (Å²) < 4.78 is 15.0. The number of anilines is 1. The summed E-state index contributed by atoms with van der Waals surface area (Å²) in [5.74, 6) is -0.297. The summed E-state index contributed by atoms with van der Waals surface area (Å²) in [6.07, 6.45) is 0.361. The number of nitrogens with zero attached hydrogens (tertiary/aromatic N) is 3. The third-order valence-electron chi connectivity index (χ3n) is 4.87. The maximum atomic E-state index is 13.4. The topological polar surface area (TPSA) is 67.2 Å². The highest BCUT2D eigenvalue weighted by molar-refractivity contribution is 5.94. The summed E-state index contributed by atoms with van der Waals surface area (Å²) in [5, 5.41) is 7.49. The number of rotatable bonds is 7. The van der Waals surface area contributed by atoms with Crippen molar-refractivity contribution in [2.24, 2.45) is 5.41 Å². The average Bonchev–Trinajstić information content (AvgIpc) is 3.15. The van der Waals surface area contributed by atoms with Crippen LogP contribution in [0.2, 0.25) is 0 Å². The van der Waals surface area contributed by atoms with Crippen LogP contribution in [0.3, 0.4) is 0 Å². The number of hydrogen-bond donors (Lipinski definition) is 1. The molecule has 0 bridgehead atoms. The van der Waals surface area contributed by atoms with Gasteiger partial charge in [-0.3, -0.25) is 9.59 Å². The molecule has 0 unspecified atom stereocenters. The second kappa shape index (κ2) is 9.77. The van der Waals surface area contributed by atoms with Gasteiger partial charge >= 0.3 is 0 Å². The van der Waals surface area contributed by atoms with Crippen molar-refractivity contribution in [2.75, 3.05) is 18.4 Å². The molecule has 0 saturated carbocycles. The van der Waals surface area contributed by atoms with Crippen LogP contribution in [0.5, 0.6) is 0 Å². The molecule has 32 heavy (non-hydrogen) atoms. The Labute approximate surface area is 188 Å². The molecule has 0 atom stereocenters. The molecule has 0 radical (unpaired) electrons. The number of likely N-dealkylation sites (N-methyl/N-ethyl adjacent to an activating group) is 1. The largest absolute Gasteiger partial charge is 0.334 e. The third-order valence-corrected chi connectivity index (χ3v) is 4.87. The van der Waals surface area contributed by atoms with Crippen LogP contribution >= 0.6 is 0 Å². The molecule has 2 aromatic carbocycles. The Morgan fingerprint density at radius 3 is 2.31 bits per heavy atom. The van der Waals surface area contributed by atoms with Crippen molar-refractivity contribution in [3.8, 4) is 16.9 Å². The predicted molar refractivity (Wildman–Crippen MR) is 124 cm³/mol. The highest BCUT2D eigenvalue weighted by Crippen LogP contribution is 2.25. The van der Waals surface area contributed by atoms with E-state index in [1.165, 1.54) is 17.0 Å². The lowest BCUT2D eigenvalue weighted by molar-refractivity contribution is -0.136. The lowest BCUT2D eigenvalue weighted by atomic mass is 9.91. The second-order valence-electron chi connectivity index (χ2n) is 8.86. The molecule has 3 aromatic rings. The molecule has 1 aromatic heterocycles. The molecule has 3 rings (SSSR count). The van der Waals surface area contributed by atoms with E-state index in [0.717, 1.165) is 5.56 Å². The molecule has 1 N–H and O–H groups in total. The Kier molecular flexibility index (Phi) is 7.08. The van der Waals surface area contributed by atoms with E-state index in [-0.39, 0.29) is 29.6 Å². The maximum Gasteiger partial charge on any atom is 0.245 e. The second-order valence-corrected chi connectivity index (χ2v) is 8.86. The minimum absolute atomic E-state index is 0.0549. The molecular weight excluding hydrogens is 407 g/mol. The Morgan fingerprint density at radius 1 is 1.06 bits per heavy atom. The first-order chi connectivity index (χ1) is 15.2. The fourth-order valence-electron chi connectivity index (χ4n) is 3.30. The predicted octanol–water partition coefficient (Wildman–Crippen LogP) is 4.90. The van der Waals surface area contributed by atoms with E-state index >= 15 is 0 Å². The van der Waals surface area contributed by atoms with E-state index in [1.807, 2.05) is 58.0 Å². The number of benzene rings is 2. The summed E-state index contributed by atoms with van der Waals surface area (Å²) in [4.78, 5) is 26.9. The van der Waals surface area contributed by atoms with E-state index in [4.69, 9.17) is 0 Å². The van der Waals surface area contributed by atoms with Gasteiger partial charge in [-0.15, -0.1) is 0 Å². The molecule has 1 heterocycles.